The Morgan fingerprint density at radius 1 is 1.62 bits per heavy atom. The second-order valence-electron chi connectivity index (χ2n) is 4.66. The molecule has 1 atom stereocenters. The summed E-state index contributed by atoms with van der Waals surface area (Å²) in [4.78, 5) is 4.33. The normalized spacial score (nSPS) is 17.4. The van der Waals surface area contributed by atoms with Crippen LogP contribution in [0, 0.1) is 5.92 Å². The van der Waals surface area contributed by atoms with E-state index in [1.807, 2.05) is 12.4 Å². The first-order valence-electron chi connectivity index (χ1n) is 6.06. The predicted octanol–water partition coefficient (Wildman–Crippen LogP) is 2.13. The molecule has 1 aliphatic carbocycles. The summed E-state index contributed by atoms with van der Waals surface area (Å²) in [6.07, 6.45) is 7.90. The van der Waals surface area contributed by atoms with Gasteiger partial charge in [0.1, 0.15) is 0 Å². The monoisotopic (exact) mass is 223 g/mol. The SMILES string of the molecule is COCCn1ccnc1NC(C)CC1CC1. The first-order valence-corrected chi connectivity index (χ1v) is 6.06. The topological polar surface area (TPSA) is 39.1 Å². The van der Waals surface area contributed by atoms with E-state index in [0.29, 0.717) is 6.04 Å². The number of imidazole rings is 1. The van der Waals surface area contributed by atoms with E-state index in [2.05, 4.69) is 21.8 Å². The first kappa shape index (κ1) is 11.5. The van der Waals surface area contributed by atoms with E-state index >= 15 is 0 Å². The molecule has 2 rings (SSSR count). The Hall–Kier alpha value is -1.03. The Balaban J connectivity index is 1.84. The van der Waals surface area contributed by atoms with Gasteiger partial charge in [-0.1, -0.05) is 12.8 Å². The van der Waals surface area contributed by atoms with E-state index in [0.717, 1.165) is 25.0 Å². The Bertz CT molecular complexity index is 320. The molecule has 4 heteroatoms. The minimum atomic E-state index is 0.510. The zero-order chi connectivity index (χ0) is 11.4. The number of ether oxygens (including phenoxy) is 1. The van der Waals surface area contributed by atoms with Gasteiger partial charge < -0.3 is 14.6 Å². The molecule has 1 N–H and O–H groups in total. The molecule has 16 heavy (non-hydrogen) atoms. The Labute approximate surface area is 97.0 Å². The van der Waals surface area contributed by atoms with Crippen molar-refractivity contribution in [3.05, 3.63) is 12.4 Å². The van der Waals surface area contributed by atoms with Crippen LogP contribution in [0.5, 0.6) is 0 Å². The van der Waals surface area contributed by atoms with Crippen LogP contribution >= 0.6 is 0 Å². The van der Waals surface area contributed by atoms with Crippen molar-refractivity contribution in [2.24, 2.45) is 5.92 Å². The van der Waals surface area contributed by atoms with Gasteiger partial charge >= 0.3 is 0 Å². The van der Waals surface area contributed by atoms with Crippen LogP contribution in [0.3, 0.4) is 0 Å². The molecule has 1 unspecified atom stereocenters. The largest absolute Gasteiger partial charge is 0.383 e. The molecule has 1 saturated carbocycles. The van der Waals surface area contributed by atoms with Gasteiger partial charge in [0.25, 0.3) is 0 Å². The summed E-state index contributed by atoms with van der Waals surface area (Å²) in [7, 11) is 1.72. The van der Waals surface area contributed by atoms with E-state index in [4.69, 9.17) is 4.74 Å². The molecule has 0 radical (unpaired) electrons. The summed E-state index contributed by atoms with van der Waals surface area (Å²) in [5.74, 6) is 1.91. The molecule has 1 fully saturated rings. The van der Waals surface area contributed by atoms with Gasteiger partial charge in [0.2, 0.25) is 5.95 Å². The minimum Gasteiger partial charge on any atom is -0.383 e. The highest BCUT2D eigenvalue weighted by atomic mass is 16.5. The average molecular weight is 223 g/mol. The van der Waals surface area contributed by atoms with E-state index in [-0.39, 0.29) is 0 Å². The van der Waals surface area contributed by atoms with Gasteiger partial charge in [-0.3, -0.25) is 0 Å². The average Bonchev–Trinajstić information content (AvgIpc) is 2.95. The predicted molar refractivity (Wildman–Crippen MR) is 64.5 cm³/mol. The highest BCUT2D eigenvalue weighted by Gasteiger charge is 2.23. The molecule has 0 bridgehead atoms. The van der Waals surface area contributed by atoms with Crippen molar-refractivity contribution in [1.29, 1.82) is 0 Å². The molecule has 0 amide bonds. The van der Waals surface area contributed by atoms with Gasteiger partial charge in [0, 0.05) is 32.1 Å². The van der Waals surface area contributed by atoms with Crippen LogP contribution in [0.25, 0.3) is 0 Å². The molecule has 90 valence electrons. The van der Waals surface area contributed by atoms with Crippen molar-refractivity contribution in [2.45, 2.75) is 38.8 Å². The Kier molecular flexibility index (Phi) is 3.83. The molecule has 0 saturated heterocycles. The first-order chi connectivity index (χ1) is 7.79. The maximum atomic E-state index is 5.07. The van der Waals surface area contributed by atoms with E-state index < -0.39 is 0 Å². The summed E-state index contributed by atoms with van der Waals surface area (Å²) >= 11 is 0. The van der Waals surface area contributed by atoms with Crippen LogP contribution in [-0.4, -0.2) is 29.3 Å². The van der Waals surface area contributed by atoms with Crippen LogP contribution < -0.4 is 5.32 Å². The van der Waals surface area contributed by atoms with Crippen molar-refractivity contribution in [3.8, 4) is 0 Å². The maximum Gasteiger partial charge on any atom is 0.203 e. The summed E-state index contributed by atoms with van der Waals surface area (Å²) in [6, 6.07) is 0.510. The van der Waals surface area contributed by atoms with Gasteiger partial charge in [0.15, 0.2) is 0 Å². The van der Waals surface area contributed by atoms with Crippen molar-refractivity contribution in [2.75, 3.05) is 19.0 Å². The van der Waals surface area contributed by atoms with Gasteiger partial charge in [-0.05, 0) is 19.3 Å². The zero-order valence-corrected chi connectivity index (χ0v) is 10.1. The van der Waals surface area contributed by atoms with Crippen molar-refractivity contribution < 1.29 is 4.74 Å². The fourth-order valence-electron chi connectivity index (χ4n) is 1.95. The summed E-state index contributed by atoms with van der Waals surface area (Å²) in [5, 5.41) is 3.47. The highest BCUT2D eigenvalue weighted by molar-refractivity contribution is 5.27. The number of aromatic nitrogens is 2. The molecule has 1 aromatic rings. The summed E-state index contributed by atoms with van der Waals surface area (Å²) < 4.78 is 7.18. The molecule has 1 aromatic heterocycles. The lowest BCUT2D eigenvalue weighted by molar-refractivity contribution is 0.187. The maximum absolute atomic E-state index is 5.07. The molecule has 1 heterocycles. The van der Waals surface area contributed by atoms with E-state index in [1.54, 1.807) is 7.11 Å². The number of anilines is 1. The van der Waals surface area contributed by atoms with Crippen LogP contribution in [0.15, 0.2) is 12.4 Å². The third kappa shape index (κ3) is 3.23. The lowest BCUT2D eigenvalue weighted by atomic mass is 10.2. The lowest BCUT2D eigenvalue weighted by Gasteiger charge is -2.15. The molecular weight excluding hydrogens is 202 g/mol. The second kappa shape index (κ2) is 5.34. The molecule has 0 aliphatic heterocycles. The summed E-state index contributed by atoms with van der Waals surface area (Å²) in [6.45, 7) is 3.81. The van der Waals surface area contributed by atoms with Crippen molar-refractivity contribution >= 4 is 5.95 Å². The number of hydrogen-bond acceptors (Lipinski definition) is 3. The third-order valence-electron chi connectivity index (χ3n) is 3.01. The van der Waals surface area contributed by atoms with Gasteiger partial charge in [-0.25, -0.2) is 4.98 Å². The van der Waals surface area contributed by atoms with Crippen LogP contribution in [0.4, 0.5) is 5.95 Å². The molecule has 0 spiro atoms. The van der Waals surface area contributed by atoms with E-state index in [1.165, 1.54) is 19.3 Å². The van der Waals surface area contributed by atoms with Crippen molar-refractivity contribution in [3.63, 3.8) is 0 Å². The molecule has 1 aliphatic rings. The number of hydrogen-bond donors (Lipinski definition) is 1. The van der Waals surface area contributed by atoms with Gasteiger partial charge in [0.05, 0.1) is 6.61 Å². The highest BCUT2D eigenvalue weighted by Crippen LogP contribution is 2.33. The number of nitrogens with zero attached hydrogens (tertiary/aromatic N) is 2. The molecule has 0 aromatic carbocycles. The lowest BCUT2D eigenvalue weighted by Crippen LogP contribution is -2.19. The Morgan fingerprint density at radius 3 is 3.12 bits per heavy atom. The van der Waals surface area contributed by atoms with E-state index in [9.17, 15) is 0 Å². The van der Waals surface area contributed by atoms with Gasteiger partial charge in [-0.15, -0.1) is 0 Å². The fraction of sp³-hybridized carbons (Fsp3) is 0.750. The standard InChI is InChI=1S/C12H21N3O/c1-10(9-11-3-4-11)14-12-13-5-6-15(12)7-8-16-2/h5-6,10-11H,3-4,7-9H2,1-2H3,(H,13,14). The Morgan fingerprint density at radius 2 is 2.44 bits per heavy atom. The molecular formula is C12H21N3O. The number of methoxy groups -OCH3 is 1. The van der Waals surface area contributed by atoms with Gasteiger partial charge in [-0.2, -0.15) is 0 Å². The van der Waals surface area contributed by atoms with Crippen molar-refractivity contribution in [1.82, 2.24) is 9.55 Å². The van der Waals surface area contributed by atoms with Crippen LogP contribution in [0.2, 0.25) is 0 Å². The number of nitrogens with one attached hydrogen (secondary N) is 1. The third-order valence-corrected chi connectivity index (χ3v) is 3.01. The van der Waals surface area contributed by atoms with Crippen LogP contribution in [0.1, 0.15) is 26.2 Å². The zero-order valence-electron chi connectivity index (χ0n) is 10.1. The minimum absolute atomic E-state index is 0.510. The smallest absolute Gasteiger partial charge is 0.203 e. The van der Waals surface area contributed by atoms with Crippen LogP contribution in [-0.2, 0) is 11.3 Å². The quantitative estimate of drug-likeness (QED) is 0.769. The second-order valence-corrected chi connectivity index (χ2v) is 4.66. The molecule has 4 nitrogen and oxygen atoms in total. The fourth-order valence-corrected chi connectivity index (χ4v) is 1.95. The summed E-state index contributed by atoms with van der Waals surface area (Å²) in [5.41, 5.74) is 0. The number of rotatable bonds is 7.